The maximum absolute atomic E-state index is 12.9. The molecule has 1 rings (SSSR count). The molecule has 0 saturated carbocycles. The van der Waals surface area contributed by atoms with Gasteiger partial charge in [0.2, 0.25) is 0 Å². The summed E-state index contributed by atoms with van der Waals surface area (Å²) < 4.78 is 18.0. The Morgan fingerprint density at radius 2 is 1.95 bits per heavy atom. The van der Waals surface area contributed by atoms with E-state index in [2.05, 4.69) is 12.2 Å². The number of hydrogen-bond donors (Lipinski definition) is 1. The molecule has 3 heteroatoms. The summed E-state index contributed by atoms with van der Waals surface area (Å²) in [5, 5.41) is 3.45. The van der Waals surface area contributed by atoms with Crippen molar-refractivity contribution in [1.82, 2.24) is 5.32 Å². The predicted molar refractivity (Wildman–Crippen MR) is 82.5 cm³/mol. The van der Waals surface area contributed by atoms with Gasteiger partial charge in [-0.3, -0.25) is 0 Å². The molecule has 2 nitrogen and oxygen atoms in total. The van der Waals surface area contributed by atoms with Crippen LogP contribution < -0.4 is 5.32 Å². The molecule has 0 bridgehead atoms. The number of benzene rings is 1. The Hall–Kier alpha value is -0.930. The molecule has 1 unspecified atom stereocenters. The largest absolute Gasteiger partial charge is 0.383 e. The highest BCUT2D eigenvalue weighted by Gasteiger charge is 2.09. The second kappa shape index (κ2) is 10.8. The van der Waals surface area contributed by atoms with Crippen LogP contribution in [-0.2, 0) is 11.2 Å². The van der Waals surface area contributed by atoms with Crippen LogP contribution in [0.2, 0.25) is 0 Å². The lowest BCUT2D eigenvalue weighted by molar-refractivity contribution is 0.197. The zero-order valence-corrected chi connectivity index (χ0v) is 12.8. The number of ether oxygens (including phenoxy) is 1. The lowest BCUT2D eigenvalue weighted by Gasteiger charge is -2.18. The first kappa shape index (κ1) is 17.1. The van der Waals surface area contributed by atoms with Crippen molar-refractivity contribution in [1.29, 1.82) is 0 Å². The van der Waals surface area contributed by atoms with Crippen LogP contribution >= 0.6 is 0 Å². The Morgan fingerprint density at radius 3 is 2.60 bits per heavy atom. The molecule has 1 aromatic rings. The molecule has 1 N–H and O–H groups in total. The van der Waals surface area contributed by atoms with E-state index < -0.39 is 0 Å². The topological polar surface area (TPSA) is 21.3 Å². The number of hydrogen-bond acceptors (Lipinski definition) is 2. The van der Waals surface area contributed by atoms with Crippen LogP contribution in [0.5, 0.6) is 0 Å². The van der Waals surface area contributed by atoms with E-state index in [0.717, 1.165) is 26.1 Å². The molecule has 0 aromatic heterocycles. The molecule has 0 aliphatic rings. The summed E-state index contributed by atoms with van der Waals surface area (Å²) in [6.45, 7) is 4.87. The Balaban J connectivity index is 2.41. The fourth-order valence-electron chi connectivity index (χ4n) is 2.39. The fraction of sp³-hybridized carbons (Fsp3) is 0.647. The Labute approximate surface area is 122 Å². The lowest BCUT2D eigenvalue weighted by Crippen LogP contribution is -2.27. The van der Waals surface area contributed by atoms with Crippen LogP contribution in [0, 0.1) is 11.7 Å². The van der Waals surface area contributed by atoms with E-state index in [1.54, 1.807) is 19.2 Å². The number of nitrogens with one attached hydrogen (secondary N) is 1. The van der Waals surface area contributed by atoms with Crippen LogP contribution in [0.4, 0.5) is 4.39 Å². The Bertz CT molecular complexity index is 339. The zero-order chi connectivity index (χ0) is 14.6. The average molecular weight is 281 g/mol. The van der Waals surface area contributed by atoms with Gasteiger partial charge in [-0.15, -0.1) is 0 Å². The first-order valence-electron chi connectivity index (χ1n) is 7.70. The van der Waals surface area contributed by atoms with E-state index in [-0.39, 0.29) is 5.82 Å². The molecule has 0 aliphatic carbocycles. The SMILES string of the molecule is CCCCCC(CNCCOC)Cc1ccc(F)cc1. The summed E-state index contributed by atoms with van der Waals surface area (Å²) in [6, 6.07) is 6.90. The summed E-state index contributed by atoms with van der Waals surface area (Å²) in [7, 11) is 1.72. The third-order valence-corrected chi connectivity index (χ3v) is 3.57. The summed E-state index contributed by atoms with van der Waals surface area (Å²) in [5.41, 5.74) is 1.22. The normalized spacial score (nSPS) is 12.6. The Kier molecular flexibility index (Phi) is 9.25. The van der Waals surface area contributed by atoms with Gasteiger partial charge in [0.05, 0.1) is 6.61 Å². The molecule has 0 saturated heterocycles. The van der Waals surface area contributed by atoms with Gasteiger partial charge in [-0.05, 0) is 43.0 Å². The van der Waals surface area contributed by atoms with Gasteiger partial charge in [-0.2, -0.15) is 0 Å². The van der Waals surface area contributed by atoms with Gasteiger partial charge >= 0.3 is 0 Å². The van der Waals surface area contributed by atoms with Gasteiger partial charge in [0.25, 0.3) is 0 Å². The van der Waals surface area contributed by atoms with E-state index in [4.69, 9.17) is 4.74 Å². The molecule has 114 valence electrons. The highest BCUT2D eigenvalue weighted by Crippen LogP contribution is 2.16. The van der Waals surface area contributed by atoms with Gasteiger partial charge in [0, 0.05) is 13.7 Å². The maximum Gasteiger partial charge on any atom is 0.123 e. The summed E-state index contributed by atoms with van der Waals surface area (Å²) in [5.74, 6) is 0.457. The van der Waals surface area contributed by atoms with E-state index >= 15 is 0 Å². The van der Waals surface area contributed by atoms with Crippen LogP contribution in [0.1, 0.15) is 38.2 Å². The molecule has 1 atom stereocenters. The van der Waals surface area contributed by atoms with Crippen molar-refractivity contribution in [3.05, 3.63) is 35.6 Å². The zero-order valence-electron chi connectivity index (χ0n) is 12.8. The average Bonchev–Trinajstić information content (AvgIpc) is 2.46. The van der Waals surface area contributed by atoms with Crippen molar-refractivity contribution < 1.29 is 9.13 Å². The van der Waals surface area contributed by atoms with Crippen LogP contribution in [-0.4, -0.2) is 26.8 Å². The molecular weight excluding hydrogens is 253 g/mol. The maximum atomic E-state index is 12.9. The molecule has 0 radical (unpaired) electrons. The standard InChI is InChI=1S/C17H28FNO/c1-3-4-5-6-16(14-19-11-12-20-2)13-15-7-9-17(18)10-8-15/h7-10,16,19H,3-6,11-14H2,1-2H3. The van der Waals surface area contributed by atoms with Crippen molar-refractivity contribution in [2.24, 2.45) is 5.92 Å². The smallest absolute Gasteiger partial charge is 0.123 e. The second-order valence-electron chi connectivity index (χ2n) is 5.39. The van der Waals surface area contributed by atoms with Crippen molar-refractivity contribution in [3.63, 3.8) is 0 Å². The van der Waals surface area contributed by atoms with E-state index in [0.29, 0.717) is 5.92 Å². The third-order valence-electron chi connectivity index (χ3n) is 3.57. The molecule has 0 spiro atoms. The minimum atomic E-state index is -0.158. The number of methoxy groups -OCH3 is 1. The number of rotatable bonds is 11. The van der Waals surface area contributed by atoms with Gasteiger partial charge in [-0.1, -0.05) is 38.3 Å². The molecule has 0 amide bonds. The van der Waals surface area contributed by atoms with Crippen molar-refractivity contribution >= 4 is 0 Å². The molecule has 0 heterocycles. The van der Waals surface area contributed by atoms with Crippen molar-refractivity contribution in [3.8, 4) is 0 Å². The summed E-state index contributed by atoms with van der Waals surface area (Å²) in [6.07, 6.45) is 6.06. The highest BCUT2D eigenvalue weighted by atomic mass is 19.1. The van der Waals surface area contributed by atoms with E-state index in [1.807, 2.05) is 12.1 Å². The molecule has 1 aromatic carbocycles. The van der Waals surface area contributed by atoms with Gasteiger partial charge in [0.15, 0.2) is 0 Å². The quantitative estimate of drug-likeness (QED) is 0.623. The molecule has 0 aliphatic heterocycles. The minimum absolute atomic E-state index is 0.158. The van der Waals surface area contributed by atoms with Gasteiger partial charge in [0.1, 0.15) is 5.82 Å². The first-order chi connectivity index (χ1) is 9.76. The molecule has 0 fully saturated rings. The monoisotopic (exact) mass is 281 g/mol. The van der Waals surface area contributed by atoms with Crippen molar-refractivity contribution in [2.45, 2.75) is 39.0 Å². The van der Waals surface area contributed by atoms with Crippen molar-refractivity contribution in [2.75, 3.05) is 26.8 Å². The Morgan fingerprint density at radius 1 is 1.20 bits per heavy atom. The highest BCUT2D eigenvalue weighted by molar-refractivity contribution is 5.16. The summed E-state index contributed by atoms with van der Waals surface area (Å²) >= 11 is 0. The third kappa shape index (κ3) is 7.61. The second-order valence-corrected chi connectivity index (χ2v) is 5.39. The minimum Gasteiger partial charge on any atom is -0.383 e. The van der Waals surface area contributed by atoms with E-state index in [1.165, 1.54) is 31.2 Å². The lowest BCUT2D eigenvalue weighted by atomic mass is 9.93. The van der Waals surface area contributed by atoms with Gasteiger partial charge < -0.3 is 10.1 Å². The molecular formula is C17H28FNO. The predicted octanol–water partition coefficient (Wildman–Crippen LogP) is 3.80. The number of halogens is 1. The fourth-order valence-corrected chi connectivity index (χ4v) is 2.39. The van der Waals surface area contributed by atoms with Crippen LogP contribution in [0.3, 0.4) is 0 Å². The van der Waals surface area contributed by atoms with E-state index in [9.17, 15) is 4.39 Å². The number of unbranched alkanes of at least 4 members (excludes halogenated alkanes) is 2. The molecule has 20 heavy (non-hydrogen) atoms. The van der Waals surface area contributed by atoms with Crippen LogP contribution in [0.25, 0.3) is 0 Å². The first-order valence-corrected chi connectivity index (χ1v) is 7.70. The van der Waals surface area contributed by atoms with Crippen LogP contribution in [0.15, 0.2) is 24.3 Å². The van der Waals surface area contributed by atoms with Gasteiger partial charge in [-0.25, -0.2) is 4.39 Å². The summed E-state index contributed by atoms with van der Waals surface area (Å²) in [4.78, 5) is 0.